The minimum Gasteiger partial charge on any atom is -0.323 e. The Morgan fingerprint density at radius 3 is 2.73 bits per heavy atom. The molecular formula is C16H13FN2OS2. The second-order valence-corrected chi connectivity index (χ2v) is 7.30. The Hall–Kier alpha value is -1.92. The number of aromatic nitrogens is 1. The van der Waals surface area contributed by atoms with Gasteiger partial charge in [-0.3, -0.25) is 4.79 Å². The third-order valence-corrected chi connectivity index (χ3v) is 5.28. The Balaban J connectivity index is 1.69. The highest BCUT2D eigenvalue weighted by atomic mass is 32.2. The summed E-state index contributed by atoms with van der Waals surface area (Å²) in [6.45, 7) is 1.78. The highest BCUT2D eigenvalue weighted by Gasteiger charge is 2.18. The summed E-state index contributed by atoms with van der Waals surface area (Å²) in [5, 5.41) is 2.25. The van der Waals surface area contributed by atoms with Crippen LogP contribution in [-0.2, 0) is 4.79 Å². The van der Waals surface area contributed by atoms with Gasteiger partial charge >= 0.3 is 0 Å². The van der Waals surface area contributed by atoms with Gasteiger partial charge in [-0.1, -0.05) is 36.0 Å². The molecule has 0 spiro atoms. The first-order valence-corrected chi connectivity index (χ1v) is 8.41. The van der Waals surface area contributed by atoms with Crippen LogP contribution in [0.2, 0.25) is 0 Å². The highest BCUT2D eigenvalue weighted by molar-refractivity contribution is 8.02. The number of halogens is 1. The number of anilines is 1. The van der Waals surface area contributed by atoms with Crippen LogP contribution in [0.3, 0.4) is 0 Å². The molecule has 0 saturated heterocycles. The molecule has 0 aliphatic carbocycles. The summed E-state index contributed by atoms with van der Waals surface area (Å²) in [4.78, 5) is 16.6. The second-order valence-electron chi connectivity index (χ2n) is 4.68. The molecule has 0 radical (unpaired) electrons. The fraction of sp³-hybridized carbons (Fsp3) is 0.125. The van der Waals surface area contributed by atoms with Gasteiger partial charge in [0.1, 0.15) is 5.82 Å². The van der Waals surface area contributed by atoms with Crippen LogP contribution in [0, 0.1) is 5.82 Å². The fourth-order valence-corrected chi connectivity index (χ4v) is 4.11. The van der Waals surface area contributed by atoms with Crippen LogP contribution in [0.5, 0.6) is 0 Å². The molecule has 0 aliphatic heterocycles. The van der Waals surface area contributed by atoms with Gasteiger partial charge in [-0.15, -0.1) is 11.3 Å². The van der Waals surface area contributed by atoms with Crippen molar-refractivity contribution in [1.82, 2.24) is 4.98 Å². The maximum Gasteiger partial charge on any atom is 0.237 e. The molecule has 0 saturated carbocycles. The van der Waals surface area contributed by atoms with E-state index in [2.05, 4.69) is 10.3 Å². The predicted molar refractivity (Wildman–Crippen MR) is 90.0 cm³/mol. The van der Waals surface area contributed by atoms with Crippen LogP contribution in [0.4, 0.5) is 10.1 Å². The van der Waals surface area contributed by atoms with E-state index in [0.29, 0.717) is 0 Å². The number of amides is 1. The number of hydrogen-bond donors (Lipinski definition) is 1. The molecule has 0 fully saturated rings. The zero-order chi connectivity index (χ0) is 15.5. The number of carbonyl (C=O) groups excluding carboxylic acids is 1. The molecular weight excluding hydrogens is 319 g/mol. The fourth-order valence-electron chi connectivity index (χ4n) is 1.90. The molecule has 0 aliphatic rings. The Morgan fingerprint density at radius 1 is 1.23 bits per heavy atom. The highest BCUT2D eigenvalue weighted by Crippen LogP contribution is 2.32. The van der Waals surface area contributed by atoms with E-state index in [1.54, 1.807) is 36.5 Å². The van der Waals surface area contributed by atoms with Gasteiger partial charge in [-0.2, -0.15) is 0 Å². The van der Waals surface area contributed by atoms with Gasteiger partial charge in [0.2, 0.25) is 5.91 Å². The minimum atomic E-state index is -0.437. The van der Waals surface area contributed by atoms with E-state index in [9.17, 15) is 9.18 Å². The minimum absolute atomic E-state index is 0.198. The van der Waals surface area contributed by atoms with Gasteiger partial charge in [-0.25, -0.2) is 9.37 Å². The van der Waals surface area contributed by atoms with Crippen LogP contribution in [0.15, 0.2) is 52.9 Å². The van der Waals surface area contributed by atoms with E-state index in [0.717, 1.165) is 14.6 Å². The van der Waals surface area contributed by atoms with Crippen molar-refractivity contribution < 1.29 is 9.18 Å². The van der Waals surface area contributed by atoms with Gasteiger partial charge < -0.3 is 5.32 Å². The number of carbonyl (C=O) groups is 1. The van der Waals surface area contributed by atoms with Gasteiger partial charge in [0.05, 0.1) is 21.2 Å². The van der Waals surface area contributed by atoms with Crippen LogP contribution in [0.1, 0.15) is 6.92 Å². The topological polar surface area (TPSA) is 42.0 Å². The molecule has 6 heteroatoms. The average molecular weight is 332 g/mol. The van der Waals surface area contributed by atoms with E-state index in [1.807, 2.05) is 24.3 Å². The van der Waals surface area contributed by atoms with Gasteiger partial charge in [0, 0.05) is 0 Å². The third-order valence-electron chi connectivity index (χ3n) is 3.05. The summed E-state index contributed by atoms with van der Waals surface area (Å²) >= 11 is 2.93. The zero-order valence-electron chi connectivity index (χ0n) is 11.7. The number of hydrogen-bond acceptors (Lipinski definition) is 4. The van der Waals surface area contributed by atoms with Gasteiger partial charge in [0.25, 0.3) is 0 Å². The maximum atomic E-state index is 13.5. The molecule has 3 aromatic rings. The Kier molecular flexibility index (Phi) is 4.40. The van der Waals surface area contributed by atoms with Crippen molar-refractivity contribution in [2.45, 2.75) is 16.5 Å². The Morgan fingerprint density at radius 2 is 1.95 bits per heavy atom. The SMILES string of the molecule is CC(Sc1nc2ccccc2s1)C(=O)Nc1ccccc1F. The second kappa shape index (κ2) is 6.46. The van der Waals surface area contributed by atoms with Crippen LogP contribution >= 0.6 is 23.1 Å². The molecule has 3 nitrogen and oxygen atoms in total. The first kappa shape index (κ1) is 15.0. The quantitative estimate of drug-likeness (QED) is 0.712. The van der Waals surface area contributed by atoms with Crippen molar-refractivity contribution in [3.63, 3.8) is 0 Å². The number of nitrogens with one attached hydrogen (secondary N) is 1. The van der Waals surface area contributed by atoms with Crippen molar-refractivity contribution in [3.05, 3.63) is 54.3 Å². The Bertz CT molecular complexity index is 786. The first-order valence-electron chi connectivity index (χ1n) is 6.71. The number of nitrogens with zero attached hydrogens (tertiary/aromatic N) is 1. The molecule has 22 heavy (non-hydrogen) atoms. The lowest BCUT2D eigenvalue weighted by Gasteiger charge is -2.10. The third kappa shape index (κ3) is 3.28. The van der Waals surface area contributed by atoms with Crippen molar-refractivity contribution in [1.29, 1.82) is 0 Å². The number of thioether (sulfide) groups is 1. The number of thiazole rings is 1. The molecule has 112 valence electrons. The zero-order valence-corrected chi connectivity index (χ0v) is 13.4. The average Bonchev–Trinajstić information content (AvgIpc) is 2.91. The molecule has 0 bridgehead atoms. The van der Waals surface area contributed by atoms with Crippen LogP contribution in [0.25, 0.3) is 10.2 Å². The Labute approximate surface area is 135 Å². The summed E-state index contributed by atoms with van der Waals surface area (Å²) in [7, 11) is 0. The van der Waals surface area contributed by atoms with E-state index < -0.39 is 5.82 Å². The lowest BCUT2D eigenvalue weighted by molar-refractivity contribution is -0.115. The molecule has 2 aromatic carbocycles. The lowest BCUT2D eigenvalue weighted by atomic mass is 10.3. The number of benzene rings is 2. The number of fused-ring (bicyclic) bond motifs is 1. The standard InChI is InChI=1S/C16H13FN2OS2/c1-10(15(20)18-12-7-3-2-6-11(12)17)21-16-19-13-8-4-5-9-14(13)22-16/h2-10H,1H3,(H,18,20). The lowest BCUT2D eigenvalue weighted by Crippen LogP contribution is -2.22. The van der Waals surface area contributed by atoms with Crippen LogP contribution in [-0.4, -0.2) is 16.1 Å². The molecule has 3 rings (SSSR count). The molecule has 1 N–H and O–H groups in total. The van der Waals surface area contributed by atoms with Crippen molar-refractivity contribution in [3.8, 4) is 0 Å². The summed E-state index contributed by atoms with van der Waals surface area (Å²) < 4.78 is 15.5. The van der Waals surface area contributed by atoms with Crippen molar-refractivity contribution in [2.75, 3.05) is 5.32 Å². The van der Waals surface area contributed by atoms with E-state index in [4.69, 9.17) is 0 Å². The molecule has 1 unspecified atom stereocenters. The predicted octanol–water partition coefficient (Wildman–Crippen LogP) is 4.55. The van der Waals surface area contributed by atoms with Crippen molar-refractivity contribution >= 4 is 44.9 Å². The largest absolute Gasteiger partial charge is 0.323 e. The number of para-hydroxylation sites is 2. The van der Waals surface area contributed by atoms with Gasteiger partial charge in [0.15, 0.2) is 4.34 Å². The monoisotopic (exact) mass is 332 g/mol. The van der Waals surface area contributed by atoms with Crippen LogP contribution < -0.4 is 5.32 Å². The smallest absolute Gasteiger partial charge is 0.237 e. The van der Waals surface area contributed by atoms with Gasteiger partial charge in [-0.05, 0) is 31.2 Å². The van der Waals surface area contributed by atoms with E-state index in [-0.39, 0.29) is 16.8 Å². The van der Waals surface area contributed by atoms with Crippen molar-refractivity contribution in [2.24, 2.45) is 0 Å². The molecule has 1 amide bonds. The first-order chi connectivity index (χ1) is 10.6. The van der Waals surface area contributed by atoms with E-state index >= 15 is 0 Å². The summed E-state index contributed by atoms with van der Waals surface area (Å²) in [5.74, 6) is -0.678. The summed E-state index contributed by atoms with van der Waals surface area (Å²) in [5.41, 5.74) is 1.13. The molecule has 1 atom stereocenters. The summed E-state index contributed by atoms with van der Waals surface area (Å²) in [6, 6.07) is 14.0. The number of rotatable bonds is 4. The summed E-state index contributed by atoms with van der Waals surface area (Å²) in [6.07, 6.45) is 0. The molecule has 1 heterocycles. The normalized spacial score (nSPS) is 12.3. The van der Waals surface area contributed by atoms with E-state index in [1.165, 1.54) is 17.8 Å². The maximum absolute atomic E-state index is 13.5. The molecule has 1 aromatic heterocycles.